The summed E-state index contributed by atoms with van der Waals surface area (Å²) < 4.78 is 26.1. The predicted molar refractivity (Wildman–Crippen MR) is 67.5 cm³/mol. The number of hydrogen-bond acceptors (Lipinski definition) is 3. The van der Waals surface area contributed by atoms with Crippen LogP contribution >= 0.6 is 11.8 Å². The molecule has 0 aliphatic carbocycles. The normalized spacial score (nSPS) is 10.9. The molecule has 0 unspecified atom stereocenters. The molecule has 0 atom stereocenters. The summed E-state index contributed by atoms with van der Waals surface area (Å²) in [5, 5.41) is 13.0. The van der Waals surface area contributed by atoms with Crippen molar-refractivity contribution in [3.63, 3.8) is 0 Å². The standard InChI is InChI=1S/C12H10F2N2O2S/c1-16-10(9(6-15-16)11(17)18)7-3-2-4-8(5-7)19-12(13)14/h2-6,12H,1H3,(H,17,18). The minimum atomic E-state index is -2.51. The van der Waals surface area contributed by atoms with Crippen LogP contribution in [-0.4, -0.2) is 26.6 Å². The van der Waals surface area contributed by atoms with Crippen molar-refractivity contribution < 1.29 is 18.7 Å². The lowest BCUT2D eigenvalue weighted by Gasteiger charge is -2.06. The Hall–Kier alpha value is -1.89. The zero-order chi connectivity index (χ0) is 14.0. The van der Waals surface area contributed by atoms with Crippen LogP contribution < -0.4 is 0 Å². The van der Waals surface area contributed by atoms with Crippen molar-refractivity contribution in [2.75, 3.05) is 0 Å². The quantitative estimate of drug-likeness (QED) is 0.876. The maximum Gasteiger partial charge on any atom is 0.339 e. The molecule has 0 aliphatic rings. The van der Waals surface area contributed by atoms with Crippen molar-refractivity contribution in [2.45, 2.75) is 10.7 Å². The van der Waals surface area contributed by atoms with E-state index in [0.717, 1.165) is 0 Å². The highest BCUT2D eigenvalue weighted by molar-refractivity contribution is 7.99. The molecule has 0 amide bonds. The average molecular weight is 284 g/mol. The maximum absolute atomic E-state index is 12.3. The summed E-state index contributed by atoms with van der Waals surface area (Å²) in [6.45, 7) is 0. The molecule has 0 fully saturated rings. The molecule has 0 radical (unpaired) electrons. The van der Waals surface area contributed by atoms with E-state index in [1.54, 1.807) is 25.2 Å². The lowest BCUT2D eigenvalue weighted by atomic mass is 10.1. The number of halogens is 2. The Morgan fingerprint density at radius 1 is 1.47 bits per heavy atom. The number of aromatic carboxylic acids is 1. The fourth-order valence-corrected chi connectivity index (χ4v) is 2.31. The molecule has 0 bridgehead atoms. The Morgan fingerprint density at radius 3 is 2.84 bits per heavy atom. The van der Waals surface area contributed by atoms with Gasteiger partial charge in [0, 0.05) is 17.5 Å². The zero-order valence-electron chi connectivity index (χ0n) is 9.88. The van der Waals surface area contributed by atoms with Gasteiger partial charge in [-0.05, 0) is 12.1 Å². The minimum absolute atomic E-state index is 0.0432. The lowest BCUT2D eigenvalue weighted by molar-refractivity contribution is 0.0697. The maximum atomic E-state index is 12.3. The van der Waals surface area contributed by atoms with E-state index in [2.05, 4.69) is 5.10 Å². The third-order valence-electron chi connectivity index (χ3n) is 2.50. The molecule has 0 saturated carbocycles. The van der Waals surface area contributed by atoms with Crippen molar-refractivity contribution in [3.8, 4) is 11.3 Å². The van der Waals surface area contributed by atoms with Crippen molar-refractivity contribution in [1.29, 1.82) is 0 Å². The van der Waals surface area contributed by atoms with Crippen LogP contribution in [0.5, 0.6) is 0 Å². The fraction of sp³-hybridized carbons (Fsp3) is 0.167. The lowest BCUT2D eigenvalue weighted by Crippen LogP contribution is -2.00. The number of benzene rings is 1. The smallest absolute Gasteiger partial charge is 0.339 e. The molecular weight excluding hydrogens is 274 g/mol. The summed E-state index contributed by atoms with van der Waals surface area (Å²) in [5.41, 5.74) is 0.981. The molecule has 7 heteroatoms. The fourth-order valence-electron chi connectivity index (χ4n) is 1.76. The van der Waals surface area contributed by atoms with Gasteiger partial charge in [0.15, 0.2) is 0 Å². The summed E-state index contributed by atoms with van der Waals surface area (Å²) >= 11 is 0.420. The van der Waals surface area contributed by atoms with E-state index in [0.29, 0.717) is 27.9 Å². The van der Waals surface area contributed by atoms with E-state index in [4.69, 9.17) is 5.11 Å². The number of carboxylic acid groups (broad SMARTS) is 1. The Balaban J connectivity index is 2.47. The first-order valence-corrected chi connectivity index (χ1v) is 6.17. The number of alkyl halides is 2. The van der Waals surface area contributed by atoms with Crippen molar-refractivity contribution in [3.05, 3.63) is 36.0 Å². The van der Waals surface area contributed by atoms with Gasteiger partial charge in [0.2, 0.25) is 0 Å². The molecule has 4 nitrogen and oxygen atoms in total. The number of carbonyl (C=O) groups is 1. The molecule has 0 aliphatic heterocycles. The number of aryl methyl sites for hydroxylation is 1. The SMILES string of the molecule is Cn1ncc(C(=O)O)c1-c1cccc(SC(F)F)c1. The van der Waals surface area contributed by atoms with Gasteiger partial charge in [-0.15, -0.1) is 0 Å². The number of aromatic nitrogens is 2. The number of rotatable bonds is 4. The van der Waals surface area contributed by atoms with E-state index in [1.807, 2.05) is 0 Å². The van der Waals surface area contributed by atoms with Crippen LogP contribution in [0.15, 0.2) is 35.4 Å². The highest BCUT2D eigenvalue weighted by atomic mass is 32.2. The van der Waals surface area contributed by atoms with Gasteiger partial charge in [0.25, 0.3) is 5.76 Å². The highest BCUT2D eigenvalue weighted by Crippen LogP contribution is 2.30. The molecule has 1 aromatic carbocycles. The van der Waals surface area contributed by atoms with Gasteiger partial charge >= 0.3 is 5.97 Å². The van der Waals surface area contributed by atoms with Crippen LogP contribution in [0, 0.1) is 0 Å². The first-order valence-electron chi connectivity index (χ1n) is 5.29. The summed E-state index contributed by atoms with van der Waals surface area (Å²) in [5.74, 6) is -3.62. The molecule has 1 N–H and O–H groups in total. The molecule has 2 rings (SSSR count). The summed E-state index contributed by atoms with van der Waals surface area (Å²) in [6.07, 6.45) is 1.24. The first kappa shape index (κ1) is 13.5. The Morgan fingerprint density at radius 2 is 2.21 bits per heavy atom. The van der Waals surface area contributed by atoms with Crippen LogP contribution in [0.2, 0.25) is 0 Å². The summed E-state index contributed by atoms with van der Waals surface area (Å²) in [4.78, 5) is 11.5. The van der Waals surface area contributed by atoms with Crippen molar-refractivity contribution in [1.82, 2.24) is 9.78 Å². The second kappa shape index (κ2) is 5.40. The van der Waals surface area contributed by atoms with Gasteiger partial charge in [0.05, 0.1) is 11.9 Å². The number of carboxylic acids is 1. The molecule has 1 aromatic heterocycles. The van der Waals surface area contributed by atoms with Crippen molar-refractivity contribution >= 4 is 17.7 Å². The number of hydrogen-bond donors (Lipinski definition) is 1. The average Bonchev–Trinajstić information content (AvgIpc) is 2.70. The topological polar surface area (TPSA) is 55.1 Å². The minimum Gasteiger partial charge on any atom is -0.478 e. The number of thioether (sulfide) groups is 1. The van der Waals surface area contributed by atoms with Crippen LogP contribution in [0.1, 0.15) is 10.4 Å². The second-order valence-corrected chi connectivity index (χ2v) is 4.81. The molecule has 0 saturated heterocycles. The summed E-state index contributed by atoms with van der Waals surface area (Å²) in [6, 6.07) is 6.36. The largest absolute Gasteiger partial charge is 0.478 e. The van der Waals surface area contributed by atoms with E-state index in [-0.39, 0.29) is 5.56 Å². The van der Waals surface area contributed by atoms with E-state index in [1.165, 1.54) is 16.9 Å². The molecule has 19 heavy (non-hydrogen) atoms. The Bertz CT molecular complexity index is 614. The monoisotopic (exact) mass is 284 g/mol. The molecule has 100 valence electrons. The number of nitrogens with zero attached hydrogens (tertiary/aromatic N) is 2. The molecular formula is C12H10F2N2O2S. The van der Waals surface area contributed by atoms with Crippen LogP contribution in [0.4, 0.5) is 8.78 Å². The highest BCUT2D eigenvalue weighted by Gasteiger charge is 2.17. The van der Waals surface area contributed by atoms with E-state index >= 15 is 0 Å². The third-order valence-corrected chi connectivity index (χ3v) is 3.21. The second-order valence-electron chi connectivity index (χ2n) is 3.74. The molecule has 1 heterocycles. The molecule has 0 spiro atoms. The van der Waals surface area contributed by atoms with E-state index < -0.39 is 11.7 Å². The van der Waals surface area contributed by atoms with Crippen molar-refractivity contribution in [2.24, 2.45) is 7.05 Å². The van der Waals surface area contributed by atoms with E-state index in [9.17, 15) is 13.6 Å². The molecule has 2 aromatic rings. The van der Waals surface area contributed by atoms with Crippen LogP contribution in [-0.2, 0) is 7.05 Å². The van der Waals surface area contributed by atoms with Gasteiger partial charge in [-0.25, -0.2) is 4.79 Å². The van der Waals surface area contributed by atoms with Crippen LogP contribution in [0.3, 0.4) is 0 Å². The Kier molecular flexibility index (Phi) is 3.84. The van der Waals surface area contributed by atoms with Crippen LogP contribution in [0.25, 0.3) is 11.3 Å². The zero-order valence-corrected chi connectivity index (χ0v) is 10.7. The van der Waals surface area contributed by atoms with Gasteiger partial charge in [0.1, 0.15) is 5.56 Å². The third kappa shape index (κ3) is 2.93. The summed E-state index contributed by atoms with van der Waals surface area (Å²) in [7, 11) is 1.61. The Labute approximate surface area is 112 Å². The van der Waals surface area contributed by atoms with Gasteiger partial charge in [-0.2, -0.15) is 13.9 Å². The predicted octanol–water partition coefficient (Wildman–Crippen LogP) is 3.10. The van der Waals surface area contributed by atoms with Gasteiger partial charge in [-0.3, -0.25) is 4.68 Å². The van der Waals surface area contributed by atoms with Gasteiger partial charge in [-0.1, -0.05) is 23.9 Å². The van der Waals surface area contributed by atoms with Gasteiger partial charge < -0.3 is 5.11 Å². The first-order chi connectivity index (χ1) is 8.99.